The predicted octanol–water partition coefficient (Wildman–Crippen LogP) is 4.43. The van der Waals surface area contributed by atoms with Gasteiger partial charge in [-0.05, 0) is 54.3 Å². The maximum absolute atomic E-state index is 12.3. The minimum atomic E-state index is -0.425. The summed E-state index contributed by atoms with van der Waals surface area (Å²) in [6, 6.07) is 12.6. The van der Waals surface area contributed by atoms with Crippen molar-refractivity contribution in [1.29, 1.82) is 0 Å². The second-order valence-corrected chi connectivity index (χ2v) is 6.81. The quantitative estimate of drug-likeness (QED) is 0.696. The molecule has 0 bridgehead atoms. The lowest BCUT2D eigenvalue weighted by atomic mass is 10.2. The molecule has 2 N–H and O–H groups in total. The van der Waals surface area contributed by atoms with Crippen LogP contribution < -0.4 is 10.9 Å². The molecular formula is C17H13BrN2O2S. The van der Waals surface area contributed by atoms with Crippen LogP contribution in [-0.2, 0) is 0 Å². The van der Waals surface area contributed by atoms with Crippen molar-refractivity contribution in [3.05, 3.63) is 73.8 Å². The molecule has 0 radical (unpaired) electrons. The van der Waals surface area contributed by atoms with E-state index in [-0.39, 0.29) is 5.56 Å². The highest BCUT2D eigenvalue weighted by Gasteiger charge is 2.12. The standard InChI is InChI=1S/C17H13BrN2O2S/c1-10-9-11(4-6-13(10)18)19-16(21)12-5-7-14(20-17(12)22)15-3-2-8-23-15/h2-9H,1H3,(H,19,21)(H,20,22). The highest BCUT2D eigenvalue weighted by Crippen LogP contribution is 2.22. The summed E-state index contributed by atoms with van der Waals surface area (Å²) in [6.45, 7) is 1.93. The van der Waals surface area contributed by atoms with Crippen LogP contribution in [0.15, 0.2) is 57.1 Å². The third kappa shape index (κ3) is 3.43. The van der Waals surface area contributed by atoms with Crippen LogP contribution in [-0.4, -0.2) is 10.9 Å². The predicted molar refractivity (Wildman–Crippen MR) is 97.2 cm³/mol. The first-order valence-corrected chi connectivity index (χ1v) is 8.56. The number of aryl methyl sites for hydroxylation is 1. The number of benzene rings is 1. The van der Waals surface area contributed by atoms with Crippen LogP contribution in [0.25, 0.3) is 10.6 Å². The first kappa shape index (κ1) is 15.7. The normalized spacial score (nSPS) is 10.5. The lowest BCUT2D eigenvalue weighted by Crippen LogP contribution is -2.23. The zero-order valence-corrected chi connectivity index (χ0v) is 14.6. The molecule has 0 aliphatic rings. The molecule has 0 saturated heterocycles. The number of hydrogen-bond donors (Lipinski definition) is 2. The highest BCUT2D eigenvalue weighted by atomic mass is 79.9. The molecule has 2 heterocycles. The van der Waals surface area contributed by atoms with E-state index >= 15 is 0 Å². The van der Waals surface area contributed by atoms with Crippen molar-refractivity contribution in [2.75, 3.05) is 5.32 Å². The van der Waals surface area contributed by atoms with E-state index in [9.17, 15) is 9.59 Å². The molecule has 3 rings (SSSR count). The molecule has 4 nitrogen and oxygen atoms in total. The van der Waals surface area contributed by atoms with E-state index in [1.807, 2.05) is 36.6 Å². The first-order valence-electron chi connectivity index (χ1n) is 6.89. The van der Waals surface area contributed by atoms with Gasteiger partial charge in [0.05, 0.1) is 10.6 Å². The molecule has 0 aliphatic heterocycles. The summed E-state index contributed by atoms with van der Waals surface area (Å²) in [5, 5.41) is 4.68. The van der Waals surface area contributed by atoms with E-state index in [2.05, 4.69) is 26.2 Å². The molecule has 116 valence electrons. The Hall–Kier alpha value is -2.18. The zero-order valence-electron chi connectivity index (χ0n) is 12.2. The van der Waals surface area contributed by atoms with Crippen LogP contribution in [0.4, 0.5) is 5.69 Å². The Morgan fingerprint density at radius 2 is 2.04 bits per heavy atom. The van der Waals surface area contributed by atoms with Gasteiger partial charge in [-0.15, -0.1) is 11.3 Å². The topological polar surface area (TPSA) is 62.0 Å². The van der Waals surface area contributed by atoms with Crippen molar-refractivity contribution in [3.63, 3.8) is 0 Å². The van der Waals surface area contributed by atoms with E-state index in [4.69, 9.17) is 0 Å². The SMILES string of the molecule is Cc1cc(NC(=O)c2ccc(-c3cccs3)[nH]c2=O)ccc1Br. The van der Waals surface area contributed by atoms with E-state index < -0.39 is 11.5 Å². The van der Waals surface area contributed by atoms with Crippen molar-refractivity contribution in [2.24, 2.45) is 0 Å². The van der Waals surface area contributed by atoms with Gasteiger partial charge in [-0.3, -0.25) is 9.59 Å². The van der Waals surface area contributed by atoms with Crippen LogP contribution in [0.1, 0.15) is 15.9 Å². The Morgan fingerprint density at radius 1 is 1.22 bits per heavy atom. The van der Waals surface area contributed by atoms with Gasteiger partial charge in [0.1, 0.15) is 5.56 Å². The second kappa shape index (κ2) is 6.52. The molecule has 0 saturated carbocycles. The number of nitrogens with one attached hydrogen (secondary N) is 2. The van der Waals surface area contributed by atoms with Crippen LogP contribution in [0.5, 0.6) is 0 Å². The fourth-order valence-corrected chi connectivity index (χ4v) is 3.10. The number of carbonyl (C=O) groups is 1. The molecule has 0 atom stereocenters. The monoisotopic (exact) mass is 388 g/mol. The van der Waals surface area contributed by atoms with Crippen molar-refractivity contribution in [1.82, 2.24) is 4.98 Å². The number of carbonyl (C=O) groups excluding carboxylic acids is 1. The number of rotatable bonds is 3. The number of aromatic nitrogens is 1. The molecule has 1 amide bonds. The Morgan fingerprint density at radius 3 is 2.70 bits per heavy atom. The number of aromatic amines is 1. The first-order chi connectivity index (χ1) is 11.0. The number of thiophene rings is 1. The number of halogens is 1. The summed E-state index contributed by atoms with van der Waals surface area (Å²) in [6.07, 6.45) is 0. The van der Waals surface area contributed by atoms with Gasteiger partial charge in [0.2, 0.25) is 0 Å². The summed E-state index contributed by atoms with van der Waals surface area (Å²) >= 11 is 4.94. The molecule has 0 fully saturated rings. The van der Waals surface area contributed by atoms with Gasteiger partial charge in [-0.25, -0.2) is 0 Å². The van der Waals surface area contributed by atoms with Crippen molar-refractivity contribution < 1.29 is 4.79 Å². The lowest BCUT2D eigenvalue weighted by Gasteiger charge is -2.07. The van der Waals surface area contributed by atoms with E-state index in [0.29, 0.717) is 11.4 Å². The fourth-order valence-electron chi connectivity index (χ4n) is 2.15. The summed E-state index contributed by atoms with van der Waals surface area (Å²) in [7, 11) is 0. The van der Waals surface area contributed by atoms with E-state index in [1.165, 1.54) is 11.3 Å². The Bertz CT molecular complexity index is 917. The average molecular weight is 389 g/mol. The summed E-state index contributed by atoms with van der Waals surface area (Å²) in [4.78, 5) is 28.2. The third-order valence-corrected chi connectivity index (χ3v) is 5.15. The van der Waals surface area contributed by atoms with Crippen LogP contribution >= 0.6 is 27.3 Å². The van der Waals surface area contributed by atoms with Gasteiger partial charge < -0.3 is 10.3 Å². The van der Waals surface area contributed by atoms with Crippen LogP contribution in [0, 0.1) is 6.92 Å². The van der Waals surface area contributed by atoms with Crippen molar-refractivity contribution in [3.8, 4) is 10.6 Å². The summed E-state index contributed by atoms with van der Waals surface area (Å²) < 4.78 is 0.966. The second-order valence-electron chi connectivity index (χ2n) is 5.01. The third-order valence-electron chi connectivity index (χ3n) is 3.36. The van der Waals surface area contributed by atoms with Crippen LogP contribution in [0.2, 0.25) is 0 Å². The van der Waals surface area contributed by atoms with Gasteiger partial charge in [0, 0.05) is 10.2 Å². The number of pyridine rings is 1. The Balaban J connectivity index is 1.85. The molecule has 0 spiro atoms. The smallest absolute Gasteiger partial charge is 0.261 e. The fraction of sp³-hybridized carbons (Fsp3) is 0.0588. The van der Waals surface area contributed by atoms with Gasteiger partial charge >= 0.3 is 0 Å². The van der Waals surface area contributed by atoms with Gasteiger partial charge in [-0.2, -0.15) is 0 Å². The maximum atomic E-state index is 12.3. The number of hydrogen-bond acceptors (Lipinski definition) is 3. The number of anilines is 1. The average Bonchev–Trinajstić information content (AvgIpc) is 3.05. The molecule has 2 aromatic heterocycles. The van der Waals surface area contributed by atoms with Gasteiger partial charge in [-0.1, -0.05) is 22.0 Å². The highest BCUT2D eigenvalue weighted by molar-refractivity contribution is 9.10. The molecule has 0 unspecified atom stereocenters. The van der Waals surface area contributed by atoms with Gasteiger partial charge in [0.25, 0.3) is 11.5 Å². The summed E-state index contributed by atoms with van der Waals surface area (Å²) in [5.74, 6) is -0.425. The van der Waals surface area contributed by atoms with Crippen molar-refractivity contribution >= 4 is 38.9 Å². The molecule has 23 heavy (non-hydrogen) atoms. The molecule has 0 aliphatic carbocycles. The minimum Gasteiger partial charge on any atom is -0.322 e. The number of amides is 1. The van der Waals surface area contributed by atoms with E-state index in [0.717, 1.165) is 14.9 Å². The molecule has 1 aromatic carbocycles. The molecule has 6 heteroatoms. The minimum absolute atomic E-state index is 0.0888. The summed E-state index contributed by atoms with van der Waals surface area (Å²) in [5.41, 5.74) is 2.05. The Kier molecular flexibility index (Phi) is 4.45. The molecule has 3 aromatic rings. The largest absolute Gasteiger partial charge is 0.322 e. The van der Waals surface area contributed by atoms with Crippen LogP contribution in [0.3, 0.4) is 0 Å². The van der Waals surface area contributed by atoms with Gasteiger partial charge in [0.15, 0.2) is 0 Å². The van der Waals surface area contributed by atoms with Crippen molar-refractivity contribution in [2.45, 2.75) is 6.92 Å². The lowest BCUT2D eigenvalue weighted by molar-refractivity contribution is 0.102. The number of H-pyrrole nitrogens is 1. The van der Waals surface area contributed by atoms with E-state index in [1.54, 1.807) is 18.2 Å². The maximum Gasteiger partial charge on any atom is 0.261 e. The zero-order chi connectivity index (χ0) is 16.4. The molecular weight excluding hydrogens is 376 g/mol. The Labute approximate surface area is 145 Å².